The number of ether oxygens (including phenoxy) is 1. The number of aryl methyl sites for hydroxylation is 1. The molecule has 1 radical (unpaired) electrons. The van der Waals surface area contributed by atoms with Crippen LogP contribution >= 0.6 is 22.6 Å². The van der Waals surface area contributed by atoms with Crippen molar-refractivity contribution >= 4 is 33.5 Å². The van der Waals surface area contributed by atoms with Crippen LogP contribution in [0, 0.1) is 16.5 Å². The standard InChI is InChI=1S/C13H11INO2.Re/c1-7-5-15-8(2)6-17-11-4-9(14)3-10(12(11)15)13(7)16;/h3-5H,6H2,1-2H3;/q-1;. The molecule has 0 amide bonds. The zero-order valence-corrected chi connectivity index (χ0v) is 14.8. The molecule has 95 valence electrons. The molecule has 0 N–H and O–H groups in total. The first kappa shape index (κ1) is 13.9. The molecule has 0 saturated heterocycles. The van der Waals surface area contributed by atoms with Gasteiger partial charge in [0.2, 0.25) is 0 Å². The van der Waals surface area contributed by atoms with Gasteiger partial charge in [0.05, 0.1) is 12.4 Å². The quantitative estimate of drug-likeness (QED) is 0.391. The Balaban J connectivity index is 0.00000120. The summed E-state index contributed by atoms with van der Waals surface area (Å²) in [5.41, 5.74) is 1.76. The van der Waals surface area contributed by atoms with Gasteiger partial charge < -0.3 is 9.30 Å². The van der Waals surface area contributed by atoms with E-state index in [-0.39, 0.29) is 25.9 Å². The third-order valence-corrected chi connectivity index (χ3v) is 3.68. The minimum absolute atomic E-state index is 0. The molecule has 2 aromatic rings. The summed E-state index contributed by atoms with van der Waals surface area (Å²) in [6, 6.07) is 5.00. The number of pyridine rings is 1. The van der Waals surface area contributed by atoms with Crippen LogP contribution in [0.5, 0.6) is 5.75 Å². The van der Waals surface area contributed by atoms with Crippen LogP contribution in [-0.4, -0.2) is 11.2 Å². The molecule has 0 fully saturated rings. The summed E-state index contributed by atoms with van der Waals surface area (Å²) < 4.78 is 8.78. The Labute approximate surface area is 132 Å². The predicted octanol–water partition coefficient (Wildman–Crippen LogP) is 2.70. The number of benzene rings is 1. The van der Waals surface area contributed by atoms with Crippen molar-refractivity contribution in [1.29, 1.82) is 0 Å². The molecular weight excluding hydrogens is 515 g/mol. The van der Waals surface area contributed by atoms with E-state index in [2.05, 4.69) is 27.2 Å². The number of halogens is 1. The molecule has 0 bridgehead atoms. The van der Waals surface area contributed by atoms with E-state index in [0.29, 0.717) is 6.61 Å². The van der Waals surface area contributed by atoms with Gasteiger partial charge in [0.25, 0.3) is 0 Å². The molecule has 3 nitrogen and oxygen atoms in total. The van der Waals surface area contributed by atoms with Crippen molar-refractivity contribution in [3.8, 4) is 5.75 Å². The van der Waals surface area contributed by atoms with Crippen molar-refractivity contribution < 1.29 is 25.2 Å². The number of hydrogen-bond donors (Lipinski definition) is 0. The molecule has 1 aliphatic rings. The van der Waals surface area contributed by atoms with E-state index < -0.39 is 0 Å². The average molecular weight is 526 g/mol. The maximum absolute atomic E-state index is 12.2. The van der Waals surface area contributed by atoms with Gasteiger partial charge in [-0.1, -0.05) is 19.2 Å². The van der Waals surface area contributed by atoms with Crippen molar-refractivity contribution in [1.82, 2.24) is 4.57 Å². The van der Waals surface area contributed by atoms with E-state index >= 15 is 0 Å². The summed E-state index contributed by atoms with van der Waals surface area (Å²) in [4.78, 5) is 12.2. The Kier molecular flexibility index (Phi) is 3.77. The fourth-order valence-corrected chi connectivity index (χ4v) is 2.78. The fraction of sp³-hybridized carbons (Fsp3) is 0.231. The Hall–Kier alpha value is -0.508. The smallest absolute Gasteiger partial charge is 0.168 e. The van der Waals surface area contributed by atoms with Gasteiger partial charge in [-0.25, -0.2) is 0 Å². The van der Waals surface area contributed by atoms with Gasteiger partial charge in [0, 0.05) is 24.0 Å². The van der Waals surface area contributed by atoms with Crippen LogP contribution in [0.4, 0.5) is 0 Å². The zero-order chi connectivity index (χ0) is 12.2. The van der Waals surface area contributed by atoms with Crippen molar-refractivity contribution in [3.63, 3.8) is 0 Å². The molecule has 2 heterocycles. The second kappa shape index (κ2) is 4.88. The van der Waals surface area contributed by atoms with Gasteiger partial charge in [0.1, 0.15) is 0 Å². The minimum Gasteiger partial charge on any atom is -0.511 e. The molecule has 0 spiro atoms. The van der Waals surface area contributed by atoms with E-state index in [1.165, 1.54) is 0 Å². The number of hydrogen-bond acceptors (Lipinski definition) is 2. The monoisotopic (exact) mass is 527 g/mol. The third kappa shape index (κ3) is 1.98. The maximum atomic E-state index is 12.2. The Bertz CT molecular complexity index is 681. The van der Waals surface area contributed by atoms with Crippen LogP contribution in [0.2, 0.25) is 0 Å². The zero-order valence-electron chi connectivity index (χ0n) is 9.96. The van der Waals surface area contributed by atoms with Gasteiger partial charge >= 0.3 is 0 Å². The maximum Gasteiger partial charge on any atom is 0.168 e. The van der Waals surface area contributed by atoms with Gasteiger partial charge in [-0.05, 0) is 58.1 Å². The summed E-state index contributed by atoms with van der Waals surface area (Å²) in [6.45, 7) is 4.45. The van der Waals surface area contributed by atoms with E-state index in [9.17, 15) is 4.79 Å². The van der Waals surface area contributed by atoms with Crippen LogP contribution in [0.15, 0.2) is 23.1 Å². The van der Waals surface area contributed by atoms with E-state index in [0.717, 1.165) is 31.8 Å². The first-order valence-electron chi connectivity index (χ1n) is 5.39. The first-order valence-corrected chi connectivity index (χ1v) is 6.47. The molecule has 0 saturated carbocycles. The Morgan fingerprint density at radius 3 is 2.89 bits per heavy atom. The van der Waals surface area contributed by atoms with E-state index in [4.69, 9.17) is 4.74 Å². The number of nitrogens with zero attached hydrogens (tertiary/aromatic N) is 1. The summed E-state index contributed by atoms with van der Waals surface area (Å²) in [5, 5.41) is 0.742. The molecule has 1 aliphatic heterocycles. The van der Waals surface area contributed by atoms with Crippen LogP contribution in [0.25, 0.3) is 10.9 Å². The molecule has 0 unspecified atom stereocenters. The molecule has 5 heteroatoms. The van der Waals surface area contributed by atoms with E-state index in [1.807, 2.05) is 32.2 Å². The summed E-state index contributed by atoms with van der Waals surface area (Å²) in [7, 11) is 0. The van der Waals surface area contributed by atoms with Gasteiger partial charge in [-0.15, -0.1) is 0 Å². The number of rotatable bonds is 0. The van der Waals surface area contributed by atoms with Crippen LogP contribution in [-0.2, 0) is 20.4 Å². The molecular formula is C13H11INO2Re-. The molecule has 3 rings (SSSR count). The van der Waals surface area contributed by atoms with Crippen molar-refractivity contribution in [2.24, 2.45) is 0 Å². The van der Waals surface area contributed by atoms with Crippen LogP contribution < -0.4 is 10.2 Å². The molecule has 1 aromatic heterocycles. The van der Waals surface area contributed by atoms with Crippen LogP contribution in [0.3, 0.4) is 0 Å². The van der Waals surface area contributed by atoms with Crippen molar-refractivity contribution in [2.75, 3.05) is 6.61 Å². The topological polar surface area (TPSA) is 31.2 Å². The van der Waals surface area contributed by atoms with Gasteiger partial charge in [0.15, 0.2) is 5.43 Å². The van der Waals surface area contributed by atoms with Gasteiger partial charge in [-0.2, -0.15) is 0 Å². The molecule has 1 aromatic carbocycles. The third-order valence-electron chi connectivity index (χ3n) is 3.05. The SMILES string of the molecule is Cc1cn2c3c(cc(I)cc3c1=O)OC[C-]2C.[Re]. The van der Waals surface area contributed by atoms with Crippen molar-refractivity contribution in [3.05, 3.63) is 43.7 Å². The second-order valence-corrected chi connectivity index (χ2v) is 5.58. The molecule has 0 aliphatic carbocycles. The number of aromatic nitrogens is 1. The average Bonchev–Trinajstić information content (AvgIpc) is 2.29. The largest absolute Gasteiger partial charge is 0.511 e. The van der Waals surface area contributed by atoms with Crippen molar-refractivity contribution in [2.45, 2.75) is 13.8 Å². The normalized spacial score (nSPS) is 13.2. The first-order chi connectivity index (χ1) is 8.08. The predicted molar refractivity (Wildman–Crippen MR) is 75.5 cm³/mol. The minimum atomic E-state index is 0. The van der Waals surface area contributed by atoms with Gasteiger partial charge in [-0.3, -0.25) is 4.79 Å². The summed E-state index contributed by atoms with van der Waals surface area (Å²) >= 11 is 2.21. The second-order valence-electron chi connectivity index (χ2n) is 4.34. The molecule has 0 atom stereocenters. The Morgan fingerprint density at radius 2 is 2.17 bits per heavy atom. The van der Waals surface area contributed by atoms with E-state index in [1.54, 1.807) is 0 Å². The van der Waals surface area contributed by atoms with Crippen LogP contribution in [0.1, 0.15) is 12.5 Å². The summed E-state index contributed by atoms with van der Waals surface area (Å²) in [6.07, 6.45) is 1.90. The molecule has 18 heavy (non-hydrogen) atoms. The summed E-state index contributed by atoms with van der Waals surface area (Å²) in [5.74, 6) is 0.801. The fourth-order valence-electron chi connectivity index (χ4n) is 2.19. The Morgan fingerprint density at radius 1 is 1.44 bits per heavy atom.